The summed E-state index contributed by atoms with van der Waals surface area (Å²) in [6.45, 7) is 1.06. The minimum atomic E-state index is -0.185. The zero-order valence-corrected chi connectivity index (χ0v) is 14.7. The molecule has 2 aromatic carbocycles. The van der Waals surface area contributed by atoms with E-state index in [9.17, 15) is 4.79 Å². The van der Waals surface area contributed by atoms with Crippen LogP contribution in [0, 0.1) is 0 Å². The average Bonchev–Trinajstić information content (AvgIpc) is 2.57. The van der Waals surface area contributed by atoms with E-state index in [1.54, 1.807) is 37.4 Å². The van der Waals surface area contributed by atoms with Crippen molar-refractivity contribution in [3.63, 3.8) is 0 Å². The predicted octanol–water partition coefficient (Wildman–Crippen LogP) is 4.07. The summed E-state index contributed by atoms with van der Waals surface area (Å²) in [5.41, 5.74) is 1.38. The van der Waals surface area contributed by atoms with Crippen molar-refractivity contribution in [3.05, 3.63) is 52.5 Å². The Bertz CT molecular complexity index is 695. The van der Waals surface area contributed by atoms with E-state index in [0.717, 1.165) is 5.69 Å². The van der Waals surface area contributed by atoms with Crippen molar-refractivity contribution in [2.45, 2.75) is 0 Å². The van der Waals surface area contributed by atoms with Crippen molar-refractivity contribution >= 4 is 40.5 Å². The molecule has 0 saturated carbocycles. The summed E-state index contributed by atoms with van der Waals surface area (Å²) in [5.74, 6) is 0.484. The minimum absolute atomic E-state index is 0.104. The summed E-state index contributed by atoms with van der Waals surface area (Å²) < 4.78 is 10.4. The number of hydrogen-bond acceptors (Lipinski definition) is 4. The first-order valence-corrected chi connectivity index (χ1v) is 8.04. The Morgan fingerprint density at radius 2 is 1.88 bits per heavy atom. The van der Waals surface area contributed by atoms with Crippen LogP contribution in [0.2, 0.25) is 10.0 Å². The summed E-state index contributed by atoms with van der Waals surface area (Å²) >= 11 is 11.8. The van der Waals surface area contributed by atoms with Crippen LogP contribution in [0.1, 0.15) is 0 Å². The lowest BCUT2D eigenvalue weighted by Crippen LogP contribution is -2.21. The molecule has 7 heteroatoms. The molecule has 2 aromatic rings. The summed E-state index contributed by atoms with van der Waals surface area (Å²) in [7, 11) is 1.61. The molecule has 0 bridgehead atoms. The lowest BCUT2D eigenvalue weighted by atomic mass is 10.3. The van der Waals surface area contributed by atoms with Gasteiger partial charge in [-0.1, -0.05) is 29.3 Å². The number of amides is 1. The number of ether oxygens (including phenoxy) is 2. The smallest absolute Gasteiger partial charge is 0.243 e. The highest BCUT2D eigenvalue weighted by Crippen LogP contribution is 2.25. The van der Waals surface area contributed by atoms with Crippen LogP contribution in [0.3, 0.4) is 0 Å². The lowest BCUT2D eigenvalue weighted by Gasteiger charge is -2.10. The van der Waals surface area contributed by atoms with Crippen molar-refractivity contribution in [1.29, 1.82) is 0 Å². The van der Waals surface area contributed by atoms with Gasteiger partial charge in [0.2, 0.25) is 5.91 Å². The highest BCUT2D eigenvalue weighted by Gasteiger charge is 2.05. The number of benzene rings is 2. The van der Waals surface area contributed by atoms with E-state index in [1.165, 1.54) is 0 Å². The summed E-state index contributed by atoms with van der Waals surface area (Å²) in [6.07, 6.45) is 0. The summed E-state index contributed by atoms with van der Waals surface area (Å²) in [6, 6.07) is 12.3. The summed E-state index contributed by atoms with van der Waals surface area (Å²) in [5, 5.41) is 6.69. The number of halogens is 2. The molecule has 0 aromatic heterocycles. The van der Waals surface area contributed by atoms with Crippen LogP contribution in [0.15, 0.2) is 42.5 Å². The first-order valence-electron chi connectivity index (χ1n) is 7.29. The van der Waals surface area contributed by atoms with Gasteiger partial charge in [0, 0.05) is 24.6 Å². The molecule has 0 aliphatic heterocycles. The van der Waals surface area contributed by atoms with Crippen LogP contribution < -0.4 is 15.4 Å². The molecular formula is C17H18Cl2N2O3. The van der Waals surface area contributed by atoms with Crippen LogP contribution >= 0.6 is 23.2 Å². The van der Waals surface area contributed by atoms with Gasteiger partial charge in [0.15, 0.2) is 0 Å². The molecule has 0 saturated heterocycles. The minimum Gasteiger partial charge on any atom is -0.491 e. The van der Waals surface area contributed by atoms with Gasteiger partial charge in [0.05, 0.1) is 23.2 Å². The third-order valence-electron chi connectivity index (χ3n) is 3.05. The van der Waals surface area contributed by atoms with Gasteiger partial charge >= 0.3 is 0 Å². The second-order valence-electron chi connectivity index (χ2n) is 4.90. The maximum atomic E-state index is 12.0. The highest BCUT2D eigenvalue weighted by atomic mass is 35.5. The molecule has 0 atom stereocenters. The molecule has 2 rings (SSSR count). The van der Waals surface area contributed by atoms with Crippen molar-refractivity contribution in [3.8, 4) is 5.75 Å². The van der Waals surface area contributed by atoms with E-state index in [2.05, 4.69) is 10.6 Å². The van der Waals surface area contributed by atoms with Crippen molar-refractivity contribution in [1.82, 2.24) is 0 Å². The van der Waals surface area contributed by atoms with Gasteiger partial charge in [-0.2, -0.15) is 0 Å². The van der Waals surface area contributed by atoms with Gasteiger partial charge in [-0.15, -0.1) is 0 Å². The van der Waals surface area contributed by atoms with Crippen LogP contribution in [-0.2, 0) is 9.53 Å². The fourth-order valence-electron chi connectivity index (χ4n) is 1.90. The number of methoxy groups -OCH3 is 1. The Morgan fingerprint density at radius 1 is 1.04 bits per heavy atom. The summed E-state index contributed by atoms with van der Waals surface area (Å²) in [4.78, 5) is 12.0. The number of carbonyl (C=O) groups is 1. The lowest BCUT2D eigenvalue weighted by molar-refractivity contribution is -0.114. The van der Waals surface area contributed by atoms with E-state index in [1.807, 2.05) is 12.1 Å². The first kappa shape index (κ1) is 18.4. The van der Waals surface area contributed by atoms with E-state index in [4.69, 9.17) is 32.7 Å². The highest BCUT2D eigenvalue weighted by molar-refractivity contribution is 6.42. The maximum Gasteiger partial charge on any atom is 0.243 e. The van der Waals surface area contributed by atoms with Gasteiger partial charge in [0.25, 0.3) is 0 Å². The number of hydrogen-bond donors (Lipinski definition) is 2. The second kappa shape index (κ2) is 9.37. The third kappa shape index (κ3) is 5.92. The van der Waals surface area contributed by atoms with Crippen LogP contribution in [0.25, 0.3) is 0 Å². The van der Waals surface area contributed by atoms with E-state index < -0.39 is 0 Å². The quantitative estimate of drug-likeness (QED) is 0.689. The Hall–Kier alpha value is -1.95. The zero-order valence-electron chi connectivity index (χ0n) is 13.1. The predicted molar refractivity (Wildman–Crippen MR) is 97.4 cm³/mol. The van der Waals surface area contributed by atoms with Crippen LogP contribution in [-0.4, -0.2) is 32.8 Å². The normalized spacial score (nSPS) is 10.3. The van der Waals surface area contributed by atoms with Gasteiger partial charge in [0.1, 0.15) is 12.4 Å². The number of carbonyl (C=O) groups excluding carboxylic acids is 1. The standard InChI is InChI=1S/C17H18Cl2N2O3/c1-23-7-8-24-14-4-2-3-13(9-14)21-17(22)11-20-12-5-6-15(18)16(19)10-12/h2-6,9-10,20H,7-8,11H2,1H3,(H,21,22). The Kier molecular flexibility index (Phi) is 7.18. The van der Waals surface area contributed by atoms with Gasteiger partial charge in [-0.25, -0.2) is 0 Å². The molecule has 128 valence electrons. The number of anilines is 2. The molecule has 24 heavy (non-hydrogen) atoms. The molecule has 2 N–H and O–H groups in total. The van der Waals surface area contributed by atoms with Crippen molar-refractivity contribution in [2.75, 3.05) is 37.5 Å². The number of rotatable bonds is 8. The Balaban J connectivity index is 1.85. The molecule has 0 fully saturated rings. The molecular weight excluding hydrogens is 351 g/mol. The van der Waals surface area contributed by atoms with Crippen molar-refractivity contribution < 1.29 is 14.3 Å². The molecule has 0 unspecified atom stereocenters. The van der Waals surface area contributed by atoms with Gasteiger partial charge in [-0.3, -0.25) is 4.79 Å². The molecule has 0 spiro atoms. The molecule has 0 heterocycles. The van der Waals surface area contributed by atoms with E-state index in [-0.39, 0.29) is 12.5 Å². The molecule has 0 aliphatic rings. The Morgan fingerprint density at radius 3 is 2.62 bits per heavy atom. The second-order valence-corrected chi connectivity index (χ2v) is 5.71. The molecule has 0 aliphatic carbocycles. The van der Waals surface area contributed by atoms with Crippen LogP contribution in [0.5, 0.6) is 5.75 Å². The zero-order chi connectivity index (χ0) is 17.4. The number of nitrogens with one attached hydrogen (secondary N) is 2. The first-order chi connectivity index (χ1) is 11.6. The van der Waals surface area contributed by atoms with E-state index in [0.29, 0.717) is 34.7 Å². The van der Waals surface area contributed by atoms with Gasteiger partial charge in [-0.05, 0) is 30.3 Å². The fourth-order valence-corrected chi connectivity index (χ4v) is 2.20. The Labute approximate surface area is 150 Å². The molecule has 1 amide bonds. The third-order valence-corrected chi connectivity index (χ3v) is 3.79. The maximum absolute atomic E-state index is 12.0. The van der Waals surface area contributed by atoms with Crippen molar-refractivity contribution in [2.24, 2.45) is 0 Å². The average molecular weight is 369 g/mol. The van der Waals surface area contributed by atoms with Crippen LogP contribution in [0.4, 0.5) is 11.4 Å². The SMILES string of the molecule is COCCOc1cccc(NC(=O)CNc2ccc(Cl)c(Cl)c2)c1. The van der Waals surface area contributed by atoms with E-state index >= 15 is 0 Å². The molecule has 0 radical (unpaired) electrons. The topological polar surface area (TPSA) is 59.6 Å². The largest absolute Gasteiger partial charge is 0.491 e. The van der Waals surface area contributed by atoms with Gasteiger partial charge < -0.3 is 20.1 Å². The monoisotopic (exact) mass is 368 g/mol. The molecule has 5 nitrogen and oxygen atoms in total. The fraction of sp³-hybridized carbons (Fsp3) is 0.235.